The summed E-state index contributed by atoms with van der Waals surface area (Å²) < 4.78 is 5.18. The fourth-order valence-electron chi connectivity index (χ4n) is 2.90. The van der Waals surface area contributed by atoms with Crippen LogP contribution in [0.1, 0.15) is 15.9 Å². The summed E-state index contributed by atoms with van der Waals surface area (Å²) >= 11 is 12.0. The van der Waals surface area contributed by atoms with Gasteiger partial charge in [-0.3, -0.25) is 9.59 Å². The Labute approximate surface area is 195 Å². The van der Waals surface area contributed by atoms with Gasteiger partial charge in [-0.2, -0.15) is 0 Å². The second-order valence-electron chi connectivity index (χ2n) is 6.84. The highest BCUT2D eigenvalue weighted by Gasteiger charge is 2.24. The average molecular weight is 471 g/mol. The van der Waals surface area contributed by atoms with Gasteiger partial charge in [-0.05, 0) is 29.8 Å². The Balaban J connectivity index is 1.65. The number of halogens is 2. The first kappa shape index (κ1) is 23.3. The van der Waals surface area contributed by atoms with Crippen molar-refractivity contribution in [2.24, 2.45) is 0 Å². The summed E-state index contributed by atoms with van der Waals surface area (Å²) in [4.78, 5) is 37.5. The monoisotopic (exact) mass is 470 g/mol. The predicted molar refractivity (Wildman–Crippen MR) is 124 cm³/mol. The molecule has 8 heteroatoms. The number of anilines is 1. The van der Waals surface area contributed by atoms with Crippen molar-refractivity contribution in [3.05, 3.63) is 100 Å². The molecule has 0 fully saturated rings. The van der Waals surface area contributed by atoms with Crippen LogP contribution in [-0.2, 0) is 20.7 Å². The number of ether oxygens (including phenoxy) is 1. The van der Waals surface area contributed by atoms with Crippen molar-refractivity contribution in [3.63, 3.8) is 0 Å². The zero-order valence-corrected chi connectivity index (χ0v) is 18.4. The molecule has 0 radical (unpaired) electrons. The normalized spacial score (nSPS) is 11.3. The highest BCUT2D eigenvalue weighted by molar-refractivity contribution is 6.44. The molecule has 32 heavy (non-hydrogen) atoms. The summed E-state index contributed by atoms with van der Waals surface area (Å²) in [5, 5.41) is 5.70. The molecule has 3 aromatic rings. The average Bonchev–Trinajstić information content (AvgIpc) is 2.81. The van der Waals surface area contributed by atoms with Crippen LogP contribution in [0, 0.1) is 0 Å². The second-order valence-corrected chi connectivity index (χ2v) is 7.62. The van der Waals surface area contributed by atoms with Crippen molar-refractivity contribution in [3.8, 4) is 0 Å². The fraction of sp³-hybridized carbons (Fsp3) is 0.125. The van der Waals surface area contributed by atoms with E-state index in [0.29, 0.717) is 11.3 Å². The Morgan fingerprint density at radius 3 is 2.19 bits per heavy atom. The SMILES string of the molecule is O=C(COC(=O)C(Cc1ccccc1)NC(=O)c1ccccc1)Nc1cccc(Cl)c1Cl. The number of amides is 2. The molecule has 0 spiro atoms. The van der Waals surface area contributed by atoms with Crippen LogP contribution in [0.15, 0.2) is 78.9 Å². The third-order valence-corrected chi connectivity index (χ3v) is 5.30. The summed E-state index contributed by atoms with van der Waals surface area (Å²) in [5.41, 5.74) is 1.54. The molecule has 0 bridgehead atoms. The summed E-state index contributed by atoms with van der Waals surface area (Å²) in [5.74, 6) is -1.74. The molecule has 0 aliphatic carbocycles. The number of rotatable bonds is 8. The molecule has 3 rings (SSSR count). The number of hydrogen-bond donors (Lipinski definition) is 2. The van der Waals surface area contributed by atoms with E-state index in [1.165, 1.54) is 0 Å². The second kappa shape index (κ2) is 11.3. The smallest absolute Gasteiger partial charge is 0.329 e. The first-order valence-corrected chi connectivity index (χ1v) is 10.5. The van der Waals surface area contributed by atoms with Gasteiger partial charge in [0.05, 0.1) is 15.7 Å². The summed E-state index contributed by atoms with van der Waals surface area (Å²) in [6, 6.07) is 21.5. The maximum atomic E-state index is 12.7. The number of esters is 1. The van der Waals surface area contributed by atoms with E-state index in [1.807, 2.05) is 30.3 Å². The van der Waals surface area contributed by atoms with Crippen LogP contribution in [0.4, 0.5) is 5.69 Å². The van der Waals surface area contributed by atoms with Crippen LogP contribution in [0.3, 0.4) is 0 Å². The van der Waals surface area contributed by atoms with E-state index < -0.39 is 30.4 Å². The van der Waals surface area contributed by atoms with Gasteiger partial charge < -0.3 is 15.4 Å². The van der Waals surface area contributed by atoms with Crippen LogP contribution < -0.4 is 10.6 Å². The maximum Gasteiger partial charge on any atom is 0.329 e. The van der Waals surface area contributed by atoms with E-state index in [0.717, 1.165) is 5.56 Å². The van der Waals surface area contributed by atoms with E-state index >= 15 is 0 Å². The third-order valence-electron chi connectivity index (χ3n) is 4.48. The molecule has 0 aliphatic heterocycles. The lowest BCUT2D eigenvalue weighted by molar-refractivity contribution is -0.149. The van der Waals surface area contributed by atoms with Gasteiger partial charge in [0.1, 0.15) is 6.04 Å². The van der Waals surface area contributed by atoms with Crippen LogP contribution in [0.5, 0.6) is 0 Å². The lowest BCUT2D eigenvalue weighted by Gasteiger charge is -2.18. The lowest BCUT2D eigenvalue weighted by Crippen LogP contribution is -2.44. The molecule has 0 aliphatic rings. The van der Waals surface area contributed by atoms with Crippen molar-refractivity contribution < 1.29 is 19.1 Å². The van der Waals surface area contributed by atoms with Crippen molar-refractivity contribution in [1.82, 2.24) is 5.32 Å². The van der Waals surface area contributed by atoms with Crippen LogP contribution >= 0.6 is 23.2 Å². The molecule has 2 N–H and O–H groups in total. The van der Waals surface area contributed by atoms with Crippen molar-refractivity contribution in [2.75, 3.05) is 11.9 Å². The first-order valence-electron chi connectivity index (χ1n) is 9.74. The topological polar surface area (TPSA) is 84.5 Å². The van der Waals surface area contributed by atoms with Crippen molar-refractivity contribution in [2.45, 2.75) is 12.5 Å². The molecular weight excluding hydrogens is 451 g/mol. The van der Waals surface area contributed by atoms with E-state index in [1.54, 1.807) is 48.5 Å². The number of hydrogen-bond acceptors (Lipinski definition) is 4. The standard InChI is InChI=1S/C24H20Cl2N2O4/c25-18-12-7-13-19(22(18)26)27-21(29)15-32-24(31)20(14-16-8-3-1-4-9-16)28-23(30)17-10-5-2-6-11-17/h1-13,20H,14-15H2,(H,27,29)(H,28,30). The molecule has 3 aromatic carbocycles. The number of benzene rings is 3. The van der Waals surface area contributed by atoms with Gasteiger partial charge in [0.2, 0.25) is 0 Å². The first-order chi connectivity index (χ1) is 15.4. The summed E-state index contributed by atoms with van der Waals surface area (Å²) in [6.45, 7) is -0.547. The Hall–Kier alpha value is -3.35. The van der Waals surface area contributed by atoms with E-state index in [-0.39, 0.29) is 16.5 Å². The maximum absolute atomic E-state index is 12.7. The molecule has 6 nitrogen and oxygen atoms in total. The molecular formula is C24H20Cl2N2O4. The quantitative estimate of drug-likeness (QED) is 0.474. The molecule has 0 aromatic heterocycles. The number of carbonyl (C=O) groups is 3. The minimum atomic E-state index is -0.979. The predicted octanol–water partition coefficient (Wildman–Crippen LogP) is 4.52. The molecule has 0 saturated heterocycles. The molecule has 0 heterocycles. The Bertz CT molecular complexity index is 1090. The van der Waals surface area contributed by atoms with Crippen LogP contribution in [0.25, 0.3) is 0 Å². The zero-order valence-electron chi connectivity index (χ0n) is 16.9. The molecule has 0 saturated carbocycles. The molecule has 164 valence electrons. The zero-order chi connectivity index (χ0) is 22.9. The number of carbonyl (C=O) groups excluding carboxylic acids is 3. The Morgan fingerprint density at radius 2 is 1.50 bits per heavy atom. The van der Waals surface area contributed by atoms with E-state index in [9.17, 15) is 14.4 Å². The minimum absolute atomic E-state index is 0.186. The van der Waals surface area contributed by atoms with E-state index in [4.69, 9.17) is 27.9 Å². The Morgan fingerprint density at radius 1 is 0.844 bits per heavy atom. The number of nitrogens with one attached hydrogen (secondary N) is 2. The largest absolute Gasteiger partial charge is 0.454 e. The van der Waals surface area contributed by atoms with Gasteiger partial charge in [0.15, 0.2) is 6.61 Å². The highest BCUT2D eigenvalue weighted by atomic mass is 35.5. The molecule has 1 unspecified atom stereocenters. The van der Waals surface area contributed by atoms with Gasteiger partial charge in [0.25, 0.3) is 11.8 Å². The van der Waals surface area contributed by atoms with E-state index in [2.05, 4.69) is 10.6 Å². The van der Waals surface area contributed by atoms with Crippen LogP contribution in [0.2, 0.25) is 10.0 Å². The molecule has 2 amide bonds. The van der Waals surface area contributed by atoms with Gasteiger partial charge in [-0.1, -0.05) is 77.8 Å². The lowest BCUT2D eigenvalue weighted by atomic mass is 10.1. The van der Waals surface area contributed by atoms with Gasteiger partial charge in [0, 0.05) is 12.0 Å². The fourth-order valence-corrected chi connectivity index (χ4v) is 3.25. The molecule has 1 atom stereocenters. The van der Waals surface area contributed by atoms with Crippen molar-refractivity contribution >= 4 is 46.7 Å². The summed E-state index contributed by atoms with van der Waals surface area (Å²) in [7, 11) is 0. The minimum Gasteiger partial charge on any atom is -0.454 e. The third kappa shape index (κ3) is 6.57. The van der Waals surface area contributed by atoms with Gasteiger partial charge in [-0.15, -0.1) is 0 Å². The van der Waals surface area contributed by atoms with Gasteiger partial charge >= 0.3 is 5.97 Å². The summed E-state index contributed by atoms with van der Waals surface area (Å²) in [6.07, 6.45) is 0.208. The Kier molecular flexibility index (Phi) is 8.25. The van der Waals surface area contributed by atoms with Gasteiger partial charge in [-0.25, -0.2) is 4.79 Å². The van der Waals surface area contributed by atoms with Crippen molar-refractivity contribution in [1.29, 1.82) is 0 Å². The van der Waals surface area contributed by atoms with Crippen LogP contribution in [-0.4, -0.2) is 30.4 Å². The highest BCUT2D eigenvalue weighted by Crippen LogP contribution is 2.29.